The summed E-state index contributed by atoms with van der Waals surface area (Å²) in [5.41, 5.74) is -3.75. The van der Waals surface area contributed by atoms with E-state index in [1.165, 1.54) is 0 Å². The number of pyridine rings is 1. The van der Waals surface area contributed by atoms with Crippen molar-refractivity contribution in [1.29, 1.82) is 0 Å². The minimum absolute atomic E-state index is 0.0134. The van der Waals surface area contributed by atoms with E-state index in [1.54, 1.807) is 0 Å². The Morgan fingerprint density at radius 2 is 1.62 bits per heavy atom. The van der Waals surface area contributed by atoms with Crippen LogP contribution in [0, 0.1) is 5.41 Å². The van der Waals surface area contributed by atoms with E-state index in [-0.39, 0.29) is 5.56 Å². The van der Waals surface area contributed by atoms with Gasteiger partial charge in [-0.2, -0.15) is 26.3 Å². The van der Waals surface area contributed by atoms with E-state index in [0.29, 0.717) is 25.7 Å². The van der Waals surface area contributed by atoms with Crippen LogP contribution in [0.1, 0.15) is 60.5 Å². The zero-order chi connectivity index (χ0) is 23.6. The number of halogens is 6. The van der Waals surface area contributed by atoms with E-state index in [4.69, 9.17) is 0 Å². The van der Waals surface area contributed by atoms with Gasteiger partial charge in [0, 0.05) is 6.20 Å². The fraction of sp³-hybridized carbons (Fsp3) is 0.455. The first-order chi connectivity index (χ1) is 15.0. The quantitative estimate of drug-likeness (QED) is 0.598. The maximum Gasteiger partial charge on any atom is 0.418 e. The Morgan fingerprint density at radius 1 is 1.00 bits per heavy atom. The molecule has 0 unspecified atom stereocenters. The number of aromatic nitrogens is 1. The van der Waals surface area contributed by atoms with Crippen LogP contribution in [-0.2, 0) is 17.1 Å². The van der Waals surface area contributed by atoms with Gasteiger partial charge in [0.05, 0.1) is 34.9 Å². The van der Waals surface area contributed by atoms with Crippen molar-refractivity contribution in [1.82, 2.24) is 10.3 Å². The number of nitrogens with zero attached hydrogens (tertiary/aromatic N) is 1. The number of hydrogen-bond acceptors (Lipinski definition) is 3. The molecule has 1 amide bonds. The zero-order valence-electron chi connectivity index (χ0n) is 16.9. The summed E-state index contributed by atoms with van der Waals surface area (Å²) in [6.45, 7) is -0.479. The van der Waals surface area contributed by atoms with E-state index < -0.39 is 53.1 Å². The SMILES string of the molecule is O=C(N[C@@H](c1ccc(C(F)(F)F)cc1)c1ncccc1C(F)(F)F)C1(CO)CCCCC1. The first kappa shape index (κ1) is 24.0. The fourth-order valence-electron chi connectivity index (χ4n) is 4.03. The third-order valence-corrected chi connectivity index (χ3v) is 5.86. The molecule has 0 saturated heterocycles. The number of amides is 1. The van der Waals surface area contributed by atoms with Crippen molar-refractivity contribution >= 4 is 5.91 Å². The smallest absolute Gasteiger partial charge is 0.395 e. The Labute approximate surface area is 180 Å². The zero-order valence-corrected chi connectivity index (χ0v) is 16.9. The van der Waals surface area contributed by atoms with Gasteiger partial charge in [-0.25, -0.2) is 0 Å². The topological polar surface area (TPSA) is 62.2 Å². The average molecular weight is 460 g/mol. The standard InChI is InChI=1S/C22H22F6N2O2/c23-21(24,25)15-8-6-14(7-9-15)17(18-16(22(26,27)28)5-4-12-29-18)30-19(32)20(13-31)10-2-1-3-11-20/h4-9,12,17,31H,1-3,10-11,13H2,(H,30,32)/t17-/m0/s1. The van der Waals surface area contributed by atoms with E-state index in [0.717, 1.165) is 49.0 Å². The highest BCUT2D eigenvalue weighted by atomic mass is 19.4. The summed E-state index contributed by atoms with van der Waals surface area (Å²) in [5, 5.41) is 12.4. The van der Waals surface area contributed by atoms with Crippen molar-refractivity contribution in [3.63, 3.8) is 0 Å². The van der Waals surface area contributed by atoms with Gasteiger partial charge < -0.3 is 10.4 Å². The number of aliphatic hydroxyl groups is 1. The van der Waals surface area contributed by atoms with Crippen LogP contribution >= 0.6 is 0 Å². The second-order valence-corrected chi connectivity index (χ2v) is 7.96. The summed E-state index contributed by atoms with van der Waals surface area (Å²) >= 11 is 0. The van der Waals surface area contributed by atoms with Crippen LogP contribution in [-0.4, -0.2) is 22.6 Å². The highest BCUT2D eigenvalue weighted by Crippen LogP contribution is 2.39. The number of benzene rings is 1. The van der Waals surface area contributed by atoms with E-state index in [1.807, 2.05) is 0 Å². The monoisotopic (exact) mass is 460 g/mol. The van der Waals surface area contributed by atoms with Gasteiger partial charge in [0.25, 0.3) is 0 Å². The number of rotatable bonds is 5. The molecule has 0 aliphatic heterocycles. The van der Waals surface area contributed by atoms with Gasteiger partial charge in [-0.3, -0.25) is 9.78 Å². The lowest BCUT2D eigenvalue weighted by Crippen LogP contribution is -2.46. The summed E-state index contributed by atoms with van der Waals surface area (Å²) in [4.78, 5) is 17.0. The normalized spacial score (nSPS) is 17.6. The Morgan fingerprint density at radius 3 is 2.16 bits per heavy atom. The molecule has 10 heteroatoms. The second kappa shape index (κ2) is 9.09. The molecule has 2 N–H and O–H groups in total. The van der Waals surface area contributed by atoms with Crippen molar-refractivity contribution in [3.8, 4) is 0 Å². The van der Waals surface area contributed by atoms with E-state index in [2.05, 4.69) is 10.3 Å². The molecule has 3 rings (SSSR count). The van der Waals surface area contributed by atoms with E-state index in [9.17, 15) is 36.2 Å². The minimum Gasteiger partial charge on any atom is -0.395 e. The van der Waals surface area contributed by atoms with Crippen molar-refractivity contribution < 1.29 is 36.2 Å². The first-order valence-electron chi connectivity index (χ1n) is 10.1. The summed E-state index contributed by atoms with van der Waals surface area (Å²) in [6, 6.07) is 3.97. The number of carbonyl (C=O) groups excluding carboxylic acids is 1. The molecule has 1 atom stereocenters. The maximum atomic E-state index is 13.6. The lowest BCUT2D eigenvalue weighted by molar-refractivity contribution is -0.140. The van der Waals surface area contributed by atoms with Crippen LogP contribution in [0.2, 0.25) is 0 Å². The van der Waals surface area contributed by atoms with Crippen LogP contribution in [0.15, 0.2) is 42.6 Å². The molecule has 0 spiro atoms. The van der Waals surface area contributed by atoms with Crippen LogP contribution in [0.5, 0.6) is 0 Å². The third-order valence-electron chi connectivity index (χ3n) is 5.86. The lowest BCUT2D eigenvalue weighted by atomic mass is 9.73. The van der Waals surface area contributed by atoms with Crippen LogP contribution in [0.25, 0.3) is 0 Å². The van der Waals surface area contributed by atoms with Crippen molar-refractivity contribution in [2.45, 2.75) is 50.5 Å². The molecule has 1 aromatic carbocycles. The summed E-state index contributed by atoms with van der Waals surface area (Å²) < 4.78 is 79.8. The second-order valence-electron chi connectivity index (χ2n) is 7.96. The molecular weight excluding hydrogens is 438 g/mol. The Balaban J connectivity index is 2.06. The number of carbonyl (C=O) groups is 1. The number of alkyl halides is 6. The van der Waals surface area contributed by atoms with Crippen LogP contribution in [0.3, 0.4) is 0 Å². The van der Waals surface area contributed by atoms with Crippen molar-refractivity contribution in [3.05, 3.63) is 65.0 Å². The lowest BCUT2D eigenvalue weighted by Gasteiger charge is -2.35. The largest absolute Gasteiger partial charge is 0.418 e. The number of hydrogen-bond donors (Lipinski definition) is 2. The summed E-state index contributed by atoms with van der Waals surface area (Å²) in [7, 11) is 0. The Bertz CT molecular complexity index is 935. The van der Waals surface area contributed by atoms with Gasteiger partial charge in [-0.05, 0) is 42.7 Å². The number of nitrogens with one attached hydrogen (secondary N) is 1. The highest BCUT2D eigenvalue weighted by Gasteiger charge is 2.42. The van der Waals surface area contributed by atoms with Gasteiger partial charge in [0.1, 0.15) is 0 Å². The third kappa shape index (κ3) is 5.06. The first-order valence-corrected chi connectivity index (χ1v) is 10.1. The molecule has 0 bridgehead atoms. The summed E-state index contributed by atoms with van der Waals surface area (Å²) in [5.74, 6) is -0.650. The molecule has 1 fully saturated rings. The average Bonchev–Trinajstić information content (AvgIpc) is 2.76. The van der Waals surface area contributed by atoms with Gasteiger partial charge in [-0.15, -0.1) is 0 Å². The van der Waals surface area contributed by atoms with Gasteiger partial charge >= 0.3 is 12.4 Å². The molecule has 2 aromatic rings. The molecule has 1 heterocycles. The molecule has 32 heavy (non-hydrogen) atoms. The molecule has 174 valence electrons. The number of aliphatic hydroxyl groups excluding tert-OH is 1. The molecule has 0 radical (unpaired) electrons. The molecule has 1 aliphatic rings. The molecule has 1 aliphatic carbocycles. The minimum atomic E-state index is -4.79. The predicted molar refractivity (Wildman–Crippen MR) is 103 cm³/mol. The Kier molecular flexibility index (Phi) is 6.83. The van der Waals surface area contributed by atoms with Crippen molar-refractivity contribution in [2.24, 2.45) is 5.41 Å². The Hall–Kier alpha value is -2.62. The molecular formula is C22H22F6N2O2. The van der Waals surface area contributed by atoms with Gasteiger partial charge in [0.15, 0.2) is 0 Å². The maximum absolute atomic E-state index is 13.6. The van der Waals surface area contributed by atoms with E-state index >= 15 is 0 Å². The fourth-order valence-corrected chi connectivity index (χ4v) is 4.03. The molecule has 1 saturated carbocycles. The van der Waals surface area contributed by atoms with Crippen LogP contribution < -0.4 is 5.32 Å². The summed E-state index contributed by atoms with van der Waals surface area (Å²) in [6.07, 6.45) is -5.34. The van der Waals surface area contributed by atoms with Crippen molar-refractivity contribution in [2.75, 3.05) is 6.61 Å². The van der Waals surface area contributed by atoms with Gasteiger partial charge in [-0.1, -0.05) is 31.4 Å². The van der Waals surface area contributed by atoms with Gasteiger partial charge in [0.2, 0.25) is 5.91 Å². The molecule has 1 aromatic heterocycles. The van der Waals surface area contributed by atoms with Crippen LogP contribution in [0.4, 0.5) is 26.3 Å². The molecule has 4 nitrogen and oxygen atoms in total. The highest BCUT2D eigenvalue weighted by molar-refractivity contribution is 5.83. The predicted octanol–water partition coefficient (Wildman–Crippen LogP) is 5.27.